The first-order chi connectivity index (χ1) is 19.3. The fourth-order valence-electron chi connectivity index (χ4n) is 4.69. The van der Waals surface area contributed by atoms with Crippen molar-refractivity contribution in [2.75, 3.05) is 32.8 Å². The molecule has 0 aromatic heterocycles. The SMILES string of the molecule is CCOC(=O)C[C@H]1O[C@H](c2cccc(OC)c2C#N)c2cc(Cl)ccc2N(Cc2ccc(OC)cc2OC)C1=O. The predicted molar refractivity (Wildman–Crippen MR) is 148 cm³/mol. The topological polar surface area (TPSA) is 107 Å². The molecule has 0 fully saturated rings. The summed E-state index contributed by atoms with van der Waals surface area (Å²) in [6.07, 6.45) is -2.48. The lowest BCUT2D eigenvalue weighted by molar-refractivity contribution is -0.151. The van der Waals surface area contributed by atoms with E-state index in [-0.39, 0.29) is 25.1 Å². The van der Waals surface area contributed by atoms with E-state index >= 15 is 0 Å². The lowest BCUT2D eigenvalue weighted by Crippen LogP contribution is -2.40. The van der Waals surface area contributed by atoms with Gasteiger partial charge in [0.05, 0.1) is 46.6 Å². The van der Waals surface area contributed by atoms with Crippen LogP contribution in [0.1, 0.15) is 41.7 Å². The van der Waals surface area contributed by atoms with E-state index in [4.69, 9.17) is 35.3 Å². The molecule has 9 nitrogen and oxygen atoms in total. The number of methoxy groups -OCH3 is 3. The summed E-state index contributed by atoms with van der Waals surface area (Å²) in [5.74, 6) is 0.422. The summed E-state index contributed by atoms with van der Waals surface area (Å²) in [4.78, 5) is 28.3. The highest BCUT2D eigenvalue weighted by molar-refractivity contribution is 6.30. The molecule has 10 heteroatoms. The predicted octanol–water partition coefficient (Wildman–Crippen LogP) is 5.21. The number of hydrogen-bond donors (Lipinski definition) is 0. The zero-order valence-electron chi connectivity index (χ0n) is 22.6. The number of carbonyl (C=O) groups is 2. The second-order valence-electron chi connectivity index (χ2n) is 8.86. The van der Waals surface area contributed by atoms with Crippen molar-refractivity contribution in [3.8, 4) is 23.3 Å². The number of nitriles is 1. The van der Waals surface area contributed by atoms with Crippen molar-refractivity contribution < 1.29 is 33.3 Å². The zero-order chi connectivity index (χ0) is 28.8. The van der Waals surface area contributed by atoms with Crippen LogP contribution in [0.2, 0.25) is 5.02 Å². The third-order valence-corrected chi connectivity index (χ3v) is 6.79. The molecule has 0 saturated heterocycles. The van der Waals surface area contributed by atoms with Crippen molar-refractivity contribution >= 4 is 29.2 Å². The Morgan fingerprint density at radius 1 is 1.02 bits per heavy atom. The molecule has 40 heavy (non-hydrogen) atoms. The number of esters is 1. The Hall–Kier alpha value is -4.26. The first kappa shape index (κ1) is 28.7. The van der Waals surface area contributed by atoms with Crippen molar-refractivity contribution in [1.29, 1.82) is 5.26 Å². The van der Waals surface area contributed by atoms with E-state index < -0.39 is 24.1 Å². The van der Waals surface area contributed by atoms with Gasteiger partial charge in [-0.25, -0.2) is 0 Å². The van der Waals surface area contributed by atoms with E-state index in [0.717, 1.165) is 0 Å². The summed E-state index contributed by atoms with van der Waals surface area (Å²) in [7, 11) is 4.55. The number of halogens is 1. The number of fused-ring (bicyclic) bond motifs is 1. The Labute approximate surface area is 237 Å². The summed E-state index contributed by atoms with van der Waals surface area (Å²) < 4.78 is 27.9. The molecule has 0 aliphatic carbocycles. The Balaban J connectivity index is 1.91. The highest BCUT2D eigenvalue weighted by Gasteiger charge is 2.39. The molecule has 3 aromatic carbocycles. The van der Waals surface area contributed by atoms with E-state index in [2.05, 4.69) is 6.07 Å². The maximum absolute atomic E-state index is 14.1. The quantitative estimate of drug-likeness (QED) is 0.326. The lowest BCUT2D eigenvalue weighted by atomic mass is 9.95. The average molecular weight is 565 g/mol. The van der Waals surface area contributed by atoms with Crippen LogP contribution in [0, 0.1) is 11.3 Å². The van der Waals surface area contributed by atoms with Crippen LogP contribution in [0.3, 0.4) is 0 Å². The second-order valence-corrected chi connectivity index (χ2v) is 9.29. The number of anilines is 1. The van der Waals surface area contributed by atoms with Crippen LogP contribution in [0.5, 0.6) is 17.2 Å². The molecule has 3 aromatic rings. The molecule has 4 rings (SSSR count). The minimum absolute atomic E-state index is 0.0965. The standard InChI is InChI=1S/C30H29ClN2O7/c1-5-39-28(34)15-27-30(35)33(17-18-9-11-20(36-2)14-26(18)38-4)24-12-10-19(31)13-22(24)29(40-27)21-7-6-8-25(37-3)23(21)16-32/h6-14,27,29H,5,15,17H2,1-4H3/t27-,29-/m1/s1. The van der Waals surface area contributed by atoms with Crippen molar-refractivity contribution in [2.45, 2.75) is 32.1 Å². The Morgan fingerprint density at radius 2 is 1.80 bits per heavy atom. The Bertz CT molecular complexity index is 1450. The fourth-order valence-corrected chi connectivity index (χ4v) is 4.87. The summed E-state index contributed by atoms with van der Waals surface area (Å²) >= 11 is 6.45. The molecule has 1 aliphatic rings. The molecule has 0 spiro atoms. The molecular weight excluding hydrogens is 536 g/mol. The van der Waals surface area contributed by atoms with Crippen molar-refractivity contribution in [1.82, 2.24) is 0 Å². The summed E-state index contributed by atoms with van der Waals surface area (Å²) in [5, 5.41) is 10.4. The van der Waals surface area contributed by atoms with Gasteiger partial charge in [-0.05, 0) is 43.3 Å². The molecule has 0 radical (unpaired) electrons. The first-order valence-electron chi connectivity index (χ1n) is 12.5. The number of nitrogens with zero attached hydrogens (tertiary/aromatic N) is 2. The van der Waals surface area contributed by atoms with E-state index in [1.807, 2.05) is 0 Å². The van der Waals surface area contributed by atoms with Gasteiger partial charge in [-0.3, -0.25) is 9.59 Å². The van der Waals surface area contributed by atoms with Gasteiger partial charge in [-0.1, -0.05) is 23.7 Å². The zero-order valence-corrected chi connectivity index (χ0v) is 23.4. The van der Waals surface area contributed by atoms with Crippen LogP contribution in [0.4, 0.5) is 5.69 Å². The number of rotatable bonds is 9. The summed E-state index contributed by atoms with van der Waals surface area (Å²) in [6.45, 7) is 1.94. The molecule has 0 saturated carbocycles. The van der Waals surface area contributed by atoms with Gasteiger partial charge in [0.1, 0.15) is 41.1 Å². The minimum atomic E-state index is -1.22. The van der Waals surface area contributed by atoms with Crippen molar-refractivity contribution in [2.24, 2.45) is 0 Å². The Kier molecular flexibility index (Phi) is 9.15. The third kappa shape index (κ3) is 5.83. The third-order valence-electron chi connectivity index (χ3n) is 6.56. The van der Waals surface area contributed by atoms with Gasteiger partial charge in [0, 0.05) is 27.8 Å². The number of benzene rings is 3. The van der Waals surface area contributed by atoms with Gasteiger partial charge in [-0.2, -0.15) is 5.26 Å². The number of ether oxygens (including phenoxy) is 5. The van der Waals surface area contributed by atoms with E-state index in [1.54, 1.807) is 68.6 Å². The molecule has 0 bridgehead atoms. The molecular formula is C30H29ClN2O7. The number of hydrogen-bond acceptors (Lipinski definition) is 8. The van der Waals surface area contributed by atoms with Crippen LogP contribution in [0.15, 0.2) is 54.6 Å². The summed E-state index contributed by atoms with van der Waals surface area (Å²) in [6, 6.07) is 17.7. The largest absolute Gasteiger partial charge is 0.497 e. The van der Waals surface area contributed by atoms with Gasteiger partial charge >= 0.3 is 5.97 Å². The normalized spacial score (nSPS) is 16.4. The average Bonchev–Trinajstić information content (AvgIpc) is 3.07. The number of amides is 1. The summed E-state index contributed by atoms with van der Waals surface area (Å²) in [5.41, 5.74) is 2.47. The molecule has 1 amide bonds. The highest BCUT2D eigenvalue weighted by atomic mass is 35.5. The first-order valence-corrected chi connectivity index (χ1v) is 12.9. The number of carbonyl (C=O) groups excluding carboxylic acids is 2. The molecule has 2 atom stereocenters. The van der Waals surface area contributed by atoms with Crippen LogP contribution in [0.25, 0.3) is 0 Å². The van der Waals surface area contributed by atoms with Gasteiger partial charge < -0.3 is 28.6 Å². The molecule has 1 aliphatic heterocycles. The van der Waals surface area contributed by atoms with Gasteiger partial charge in [0.15, 0.2) is 0 Å². The Morgan fingerprint density at radius 3 is 2.48 bits per heavy atom. The van der Waals surface area contributed by atoms with E-state index in [9.17, 15) is 14.9 Å². The van der Waals surface area contributed by atoms with Crippen molar-refractivity contribution in [3.05, 3.63) is 81.9 Å². The van der Waals surface area contributed by atoms with Crippen molar-refractivity contribution in [3.63, 3.8) is 0 Å². The molecule has 0 N–H and O–H groups in total. The minimum Gasteiger partial charge on any atom is -0.497 e. The smallest absolute Gasteiger partial charge is 0.308 e. The molecule has 0 unspecified atom stereocenters. The maximum Gasteiger partial charge on any atom is 0.308 e. The van der Waals surface area contributed by atoms with E-state index in [1.165, 1.54) is 19.1 Å². The second kappa shape index (κ2) is 12.7. The van der Waals surface area contributed by atoms with Crippen LogP contribution < -0.4 is 19.1 Å². The monoisotopic (exact) mass is 564 g/mol. The van der Waals surface area contributed by atoms with Gasteiger partial charge in [-0.15, -0.1) is 0 Å². The highest BCUT2D eigenvalue weighted by Crippen LogP contribution is 2.43. The van der Waals surface area contributed by atoms with Crippen LogP contribution in [-0.4, -0.2) is 45.9 Å². The van der Waals surface area contributed by atoms with Crippen LogP contribution >= 0.6 is 11.6 Å². The van der Waals surface area contributed by atoms with Gasteiger partial charge in [0.2, 0.25) is 0 Å². The fraction of sp³-hybridized carbons (Fsp3) is 0.300. The maximum atomic E-state index is 14.1. The van der Waals surface area contributed by atoms with Crippen LogP contribution in [-0.2, 0) is 25.6 Å². The van der Waals surface area contributed by atoms with E-state index in [0.29, 0.717) is 44.6 Å². The molecule has 1 heterocycles. The van der Waals surface area contributed by atoms with Gasteiger partial charge in [0.25, 0.3) is 5.91 Å². The molecule has 208 valence electrons. The lowest BCUT2D eigenvalue weighted by Gasteiger charge is -2.26.